The lowest BCUT2D eigenvalue weighted by molar-refractivity contribution is 0.475. The maximum Gasteiger partial charge on any atom is 0.115 e. The van der Waals surface area contributed by atoms with E-state index in [0.717, 1.165) is 6.42 Å². The van der Waals surface area contributed by atoms with Gasteiger partial charge in [0.15, 0.2) is 0 Å². The summed E-state index contributed by atoms with van der Waals surface area (Å²) in [4.78, 5) is 0. The van der Waals surface area contributed by atoms with Gasteiger partial charge < -0.3 is 10.2 Å². The van der Waals surface area contributed by atoms with Gasteiger partial charge in [0.05, 0.1) is 0 Å². The summed E-state index contributed by atoms with van der Waals surface area (Å²) in [6, 6.07) is 14.6. The van der Waals surface area contributed by atoms with Crippen molar-refractivity contribution in [2.45, 2.75) is 19.3 Å². The van der Waals surface area contributed by atoms with Gasteiger partial charge in [0, 0.05) is 5.92 Å². The third-order valence-electron chi connectivity index (χ3n) is 3.00. The molecule has 88 valence electrons. The number of hydrogen-bond donors (Lipinski definition) is 2. The van der Waals surface area contributed by atoms with Gasteiger partial charge in [-0.1, -0.05) is 31.2 Å². The van der Waals surface area contributed by atoms with E-state index in [0.29, 0.717) is 5.92 Å². The summed E-state index contributed by atoms with van der Waals surface area (Å²) < 4.78 is 0. The molecule has 0 bridgehead atoms. The Balaban J connectivity index is 2.33. The molecule has 0 aliphatic carbocycles. The Bertz CT molecular complexity index is 426. The second-order valence-corrected chi connectivity index (χ2v) is 4.14. The fourth-order valence-electron chi connectivity index (χ4n) is 2.08. The van der Waals surface area contributed by atoms with Crippen LogP contribution >= 0.6 is 0 Å². The summed E-state index contributed by atoms with van der Waals surface area (Å²) in [5.41, 5.74) is 2.35. The summed E-state index contributed by atoms with van der Waals surface area (Å²) in [6.07, 6.45) is 0.982. The van der Waals surface area contributed by atoms with Crippen LogP contribution in [0.5, 0.6) is 11.5 Å². The monoisotopic (exact) mass is 228 g/mol. The van der Waals surface area contributed by atoms with E-state index in [2.05, 4.69) is 6.92 Å². The van der Waals surface area contributed by atoms with Gasteiger partial charge in [-0.15, -0.1) is 0 Å². The molecule has 0 amide bonds. The van der Waals surface area contributed by atoms with Crippen LogP contribution in [0.15, 0.2) is 48.5 Å². The zero-order valence-electron chi connectivity index (χ0n) is 9.80. The largest absolute Gasteiger partial charge is 0.508 e. The van der Waals surface area contributed by atoms with Gasteiger partial charge in [0.25, 0.3) is 0 Å². The molecule has 0 unspecified atom stereocenters. The van der Waals surface area contributed by atoms with E-state index in [1.807, 2.05) is 24.3 Å². The van der Waals surface area contributed by atoms with Crippen LogP contribution < -0.4 is 0 Å². The van der Waals surface area contributed by atoms with Crippen molar-refractivity contribution in [3.8, 4) is 11.5 Å². The van der Waals surface area contributed by atoms with Gasteiger partial charge in [-0.3, -0.25) is 0 Å². The lowest BCUT2D eigenvalue weighted by Crippen LogP contribution is -1.98. The van der Waals surface area contributed by atoms with Crippen LogP contribution in [0.25, 0.3) is 0 Å². The third kappa shape index (κ3) is 2.59. The first-order valence-electron chi connectivity index (χ1n) is 5.78. The first-order chi connectivity index (χ1) is 8.20. The Hall–Kier alpha value is -1.96. The molecule has 2 aromatic carbocycles. The van der Waals surface area contributed by atoms with Crippen molar-refractivity contribution in [3.05, 3.63) is 59.7 Å². The van der Waals surface area contributed by atoms with Crippen molar-refractivity contribution in [2.75, 3.05) is 0 Å². The minimum Gasteiger partial charge on any atom is -0.508 e. The van der Waals surface area contributed by atoms with Crippen molar-refractivity contribution >= 4 is 0 Å². The highest BCUT2D eigenvalue weighted by Gasteiger charge is 2.11. The molecule has 2 aromatic rings. The fourth-order valence-corrected chi connectivity index (χ4v) is 2.08. The molecule has 2 heteroatoms. The number of benzene rings is 2. The minimum atomic E-state index is 0.286. The maximum atomic E-state index is 9.29. The minimum absolute atomic E-state index is 0.286. The average molecular weight is 228 g/mol. The van der Waals surface area contributed by atoms with Crippen LogP contribution in [-0.4, -0.2) is 10.2 Å². The van der Waals surface area contributed by atoms with Crippen molar-refractivity contribution < 1.29 is 10.2 Å². The van der Waals surface area contributed by atoms with Gasteiger partial charge in [-0.25, -0.2) is 0 Å². The fraction of sp³-hybridized carbons (Fsp3) is 0.200. The number of phenols is 2. The molecule has 0 atom stereocenters. The zero-order chi connectivity index (χ0) is 12.3. The molecule has 0 fully saturated rings. The summed E-state index contributed by atoms with van der Waals surface area (Å²) in [7, 11) is 0. The molecule has 0 saturated carbocycles. The number of hydrogen-bond acceptors (Lipinski definition) is 2. The molecule has 0 spiro atoms. The van der Waals surface area contributed by atoms with Gasteiger partial charge in [-0.05, 0) is 41.8 Å². The topological polar surface area (TPSA) is 40.5 Å². The van der Waals surface area contributed by atoms with E-state index in [-0.39, 0.29) is 11.5 Å². The molecule has 2 N–H and O–H groups in total. The predicted octanol–water partition coefficient (Wildman–Crippen LogP) is 3.64. The molecule has 0 radical (unpaired) electrons. The average Bonchev–Trinajstić information content (AvgIpc) is 2.35. The van der Waals surface area contributed by atoms with E-state index < -0.39 is 0 Å². The van der Waals surface area contributed by atoms with E-state index in [4.69, 9.17) is 0 Å². The Kier molecular flexibility index (Phi) is 3.33. The highest BCUT2D eigenvalue weighted by molar-refractivity contribution is 5.37. The van der Waals surface area contributed by atoms with Crippen molar-refractivity contribution in [1.29, 1.82) is 0 Å². The maximum absolute atomic E-state index is 9.29. The lowest BCUT2D eigenvalue weighted by atomic mass is 9.89. The number of phenolic OH excluding ortho intramolecular Hbond substituents is 2. The molecular formula is C15H16O2. The van der Waals surface area contributed by atoms with Crippen LogP contribution in [0.2, 0.25) is 0 Å². The summed E-state index contributed by atoms with van der Waals surface area (Å²) >= 11 is 0. The van der Waals surface area contributed by atoms with Crippen molar-refractivity contribution in [1.82, 2.24) is 0 Å². The van der Waals surface area contributed by atoms with E-state index in [1.54, 1.807) is 24.3 Å². The molecule has 0 aromatic heterocycles. The third-order valence-corrected chi connectivity index (χ3v) is 3.00. The van der Waals surface area contributed by atoms with Crippen LogP contribution in [0.4, 0.5) is 0 Å². The summed E-state index contributed by atoms with van der Waals surface area (Å²) in [5.74, 6) is 0.875. The molecule has 0 aliphatic rings. The highest BCUT2D eigenvalue weighted by Crippen LogP contribution is 2.29. The van der Waals surface area contributed by atoms with Crippen LogP contribution in [-0.2, 0) is 0 Å². The second-order valence-electron chi connectivity index (χ2n) is 4.14. The Morgan fingerprint density at radius 3 is 1.41 bits per heavy atom. The lowest BCUT2D eigenvalue weighted by Gasteiger charge is -2.16. The summed E-state index contributed by atoms with van der Waals surface area (Å²) in [6.45, 7) is 2.13. The standard InChI is InChI=1S/C15H16O2/c1-2-15(11-3-7-13(16)8-4-11)12-5-9-14(17)10-6-12/h3-10,15-17H,2H2,1H3. The van der Waals surface area contributed by atoms with Crippen LogP contribution in [0.1, 0.15) is 30.4 Å². The number of aromatic hydroxyl groups is 2. The van der Waals surface area contributed by atoms with Crippen LogP contribution in [0, 0.1) is 0 Å². The molecule has 0 saturated heterocycles. The molecule has 2 rings (SSSR count). The Labute approximate surface area is 101 Å². The number of rotatable bonds is 3. The second kappa shape index (κ2) is 4.91. The van der Waals surface area contributed by atoms with E-state index in [1.165, 1.54) is 11.1 Å². The molecule has 2 nitrogen and oxygen atoms in total. The zero-order valence-corrected chi connectivity index (χ0v) is 9.80. The molecule has 17 heavy (non-hydrogen) atoms. The predicted molar refractivity (Wildman–Crippen MR) is 68.3 cm³/mol. The van der Waals surface area contributed by atoms with E-state index in [9.17, 15) is 10.2 Å². The Morgan fingerprint density at radius 1 is 0.765 bits per heavy atom. The van der Waals surface area contributed by atoms with E-state index >= 15 is 0 Å². The first kappa shape index (κ1) is 11.5. The molecule has 0 heterocycles. The summed E-state index contributed by atoms with van der Waals surface area (Å²) in [5, 5.41) is 18.6. The smallest absolute Gasteiger partial charge is 0.115 e. The Morgan fingerprint density at radius 2 is 1.12 bits per heavy atom. The van der Waals surface area contributed by atoms with Gasteiger partial charge >= 0.3 is 0 Å². The van der Waals surface area contributed by atoms with Gasteiger partial charge in [0.1, 0.15) is 11.5 Å². The SMILES string of the molecule is CCC(c1ccc(O)cc1)c1ccc(O)cc1. The quantitative estimate of drug-likeness (QED) is 0.842. The van der Waals surface area contributed by atoms with Gasteiger partial charge in [-0.2, -0.15) is 0 Å². The van der Waals surface area contributed by atoms with Crippen molar-refractivity contribution in [3.63, 3.8) is 0 Å². The van der Waals surface area contributed by atoms with Crippen LogP contribution in [0.3, 0.4) is 0 Å². The van der Waals surface area contributed by atoms with Gasteiger partial charge in [0.2, 0.25) is 0 Å². The van der Waals surface area contributed by atoms with Crippen molar-refractivity contribution in [2.24, 2.45) is 0 Å². The first-order valence-corrected chi connectivity index (χ1v) is 5.78. The normalized spacial score (nSPS) is 10.7. The molecular weight excluding hydrogens is 212 g/mol. The molecule has 0 aliphatic heterocycles. The highest BCUT2D eigenvalue weighted by atomic mass is 16.3.